The quantitative estimate of drug-likeness (QED) is 0.810. The van der Waals surface area contributed by atoms with Crippen molar-refractivity contribution >= 4 is 5.97 Å². The van der Waals surface area contributed by atoms with Crippen LogP contribution in [0.2, 0.25) is 0 Å². The minimum Gasteiger partial charge on any atom is -0.481 e. The summed E-state index contributed by atoms with van der Waals surface area (Å²) in [5.41, 5.74) is 0. The molecular weight excluding hydrogens is 228 g/mol. The van der Waals surface area contributed by atoms with E-state index < -0.39 is 5.97 Å². The minimum absolute atomic E-state index is 0.347. The molecule has 18 heavy (non-hydrogen) atoms. The van der Waals surface area contributed by atoms with E-state index in [0.29, 0.717) is 12.3 Å². The zero-order valence-electron chi connectivity index (χ0n) is 11.3. The average Bonchev–Trinajstić information content (AvgIpc) is 2.37. The van der Waals surface area contributed by atoms with Crippen LogP contribution in [0, 0.1) is 5.92 Å². The summed E-state index contributed by atoms with van der Waals surface area (Å²) in [6.07, 6.45) is 6.69. The molecule has 4 nitrogen and oxygen atoms in total. The van der Waals surface area contributed by atoms with E-state index >= 15 is 0 Å². The number of carboxylic acids is 1. The van der Waals surface area contributed by atoms with Crippen LogP contribution in [-0.2, 0) is 4.79 Å². The molecule has 0 radical (unpaired) electrons. The molecule has 2 rings (SSSR count). The van der Waals surface area contributed by atoms with E-state index in [9.17, 15) is 4.79 Å². The van der Waals surface area contributed by atoms with Crippen molar-refractivity contribution in [3.05, 3.63) is 0 Å². The summed E-state index contributed by atoms with van der Waals surface area (Å²) in [4.78, 5) is 15.8. The van der Waals surface area contributed by atoms with E-state index in [2.05, 4.69) is 9.80 Å². The lowest BCUT2D eigenvalue weighted by Crippen LogP contribution is -2.42. The van der Waals surface area contributed by atoms with Gasteiger partial charge in [0.15, 0.2) is 0 Å². The van der Waals surface area contributed by atoms with Crippen LogP contribution in [0.25, 0.3) is 0 Å². The van der Waals surface area contributed by atoms with Crippen molar-refractivity contribution in [2.24, 2.45) is 5.92 Å². The summed E-state index contributed by atoms with van der Waals surface area (Å²) < 4.78 is 0. The van der Waals surface area contributed by atoms with Gasteiger partial charge in [-0.25, -0.2) is 0 Å². The number of hydrogen-bond donors (Lipinski definition) is 1. The lowest BCUT2D eigenvalue weighted by atomic mass is 9.95. The molecule has 2 fully saturated rings. The van der Waals surface area contributed by atoms with Crippen LogP contribution in [0.3, 0.4) is 0 Å². The van der Waals surface area contributed by atoms with Crippen molar-refractivity contribution in [3.8, 4) is 0 Å². The topological polar surface area (TPSA) is 43.8 Å². The first-order chi connectivity index (χ1) is 8.74. The highest BCUT2D eigenvalue weighted by Crippen LogP contribution is 2.19. The molecule has 2 aliphatic heterocycles. The number of rotatable bonds is 5. The maximum absolute atomic E-state index is 10.8. The second kappa shape index (κ2) is 7.10. The molecule has 2 heterocycles. The maximum atomic E-state index is 10.8. The summed E-state index contributed by atoms with van der Waals surface area (Å²) >= 11 is 0. The number of hydrogen-bond acceptors (Lipinski definition) is 3. The zero-order valence-corrected chi connectivity index (χ0v) is 11.3. The van der Waals surface area contributed by atoms with Gasteiger partial charge in [-0.2, -0.15) is 0 Å². The summed E-state index contributed by atoms with van der Waals surface area (Å²) in [5.74, 6) is -0.268. The first-order valence-electron chi connectivity index (χ1n) is 7.40. The predicted molar refractivity (Wildman–Crippen MR) is 71.7 cm³/mol. The van der Waals surface area contributed by atoms with Gasteiger partial charge in [0.2, 0.25) is 0 Å². The van der Waals surface area contributed by atoms with E-state index in [-0.39, 0.29) is 0 Å². The van der Waals surface area contributed by atoms with Crippen molar-refractivity contribution < 1.29 is 9.90 Å². The smallest absolute Gasteiger partial charge is 0.303 e. The van der Waals surface area contributed by atoms with Gasteiger partial charge in [0.1, 0.15) is 0 Å². The molecule has 1 N–H and O–H groups in total. The molecular formula is C14H26N2O2. The van der Waals surface area contributed by atoms with Crippen LogP contribution >= 0.6 is 0 Å². The molecule has 0 bridgehead atoms. The van der Waals surface area contributed by atoms with Gasteiger partial charge < -0.3 is 14.9 Å². The van der Waals surface area contributed by atoms with Crippen molar-refractivity contribution in [1.29, 1.82) is 0 Å². The van der Waals surface area contributed by atoms with Crippen LogP contribution in [0.1, 0.15) is 38.5 Å². The third-order valence-electron chi connectivity index (χ3n) is 4.25. The Morgan fingerprint density at radius 2 is 1.67 bits per heavy atom. The van der Waals surface area contributed by atoms with Gasteiger partial charge in [0, 0.05) is 26.1 Å². The van der Waals surface area contributed by atoms with Crippen molar-refractivity contribution in [1.82, 2.24) is 9.80 Å². The fraction of sp³-hybridized carbons (Fsp3) is 0.929. The Morgan fingerprint density at radius 3 is 2.39 bits per heavy atom. The second-order valence-corrected chi connectivity index (χ2v) is 5.81. The Labute approximate surface area is 110 Å². The number of likely N-dealkylation sites (tertiary alicyclic amines) is 2. The molecule has 0 aromatic heterocycles. The molecule has 0 saturated carbocycles. The van der Waals surface area contributed by atoms with Crippen molar-refractivity contribution in [2.75, 3.05) is 39.3 Å². The Hall–Kier alpha value is -0.610. The number of nitrogens with zero attached hydrogens (tertiary/aromatic N) is 2. The van der Waals surface area contributed by atoms with E-state index in [0.717, 1.165) is 32.5 Å². The van der Waals surface area contributed by atoms with E-state index in [1.165, 1.54) is 38.9 Å². The maximum Gasteiger partial charge on any atom is 0.303 e. The fourth-order valence-electron chi connectivity index (χ4n) is 3.23. The molecule has 0 aromatic carbocycles. The highest BCUT2D eigenvalue weighted by Gasteiger charge is 2.22. The fourth-order valence-corrected chi connectivity index (χ4v) is 3.23. The summed E-state index contributed by atoms with van der Waals surface area (Å²) in [7, 11) is 0. The largest absolute Gasteiger partial charge is 0.481 e. The molecule has 0 aliphatic carbocycles. The SMILES string of the molecule is O=C(O)CC1CCCN(CCN2CCCCC2)C1. The molecule has 0 aromatic rings. The summed E-state index contributed by atoms with van der Waals surface area (Å²) in [5, 5.41) is 8.86. The van der Waals surface area contributed by atoms with Gasteiger partial charge in [-0.3, -0.25) is 4.79 Å². The summed E-state index contributed by atoms with van der Waals surface area (Å²) in [6, 6.07) is 0. The molecule has 2 saturated heterocycles. The van der Waals surface area contributed by atoms with Crippen LogP contribution in [0.4, 0.5) is 0 Å². The molecule has 0 spiro atoms. The number of carboxylic acid groups (broad SMARTS) is 1. The van der Waals surface area contributed by atoms with E-state index in [4.69, 9.17) is 5.11 Å². The average molecular weight is 254 g/mol. The second-order valence-electron chi connectivity index (χ2n) is 5.81. The standard InChI is InChI=1S/C14H26N2O2/c17-14(18)11-13-5-4-8-16(12-13)10-9-15-6-2-1-3-7-15/h13H,1-12H2,(H,17,18). The number of carbonyl (C=O) groups is 1. The monoisotopic (exact) mass is 254 g/mol. The molecule has 1 atom stereocenters. The van der Waals surface area contributed by atoms with Crippen LogP contribution in [0.5, 0.6) is 0 Å². The Morgan fingerprint density at radius 1 is 1.00 bits per heavy atom. The van der Waals surface area contributed by atoms with Gasteiger partial charge in [0.05, 0.1) is 0 Å². The van der Waals surface area contributed by atoms with Gasteiger partial charge in [0.25, 0.3) is 0 Å². The zero-order chi connectivity index (χ0) is 12.8. The molecule has 4 heteroatoms. The molecule has 0 amide bonds. The summed E-state index contributed by atoms with van der Waals surface area (Å²) in [6.45, 7) is 6.94. The predicted octanol–water partition coefficient (Wildman–Crippen LogP) is 1.66. The third-order valence-corrected chi connectivity index (χ3v) is 4.25. The number of aliphatic carboxylic acids is 1. The van der Waals surface area contributed by atoms with E-state index in [1.807, 2.05) is 0 Å². The first-order valence-corrected chi connectivity index (χ1v) is 7.40. The normalized spacial score (nSPS) is 27.2. The lowest BCUT2D eigenvalue weighted by molar-refractivity contribution is -0.138. The number of piperidine rings is 2. The molecule has 104 valence electrons. The lowest BCUT2D eigenvalue weighted by Gasteiger charge is -2.34. The minimum atomic E-state index is -0.641. The van der Waals surface area contributed by atoms with Gasteiger partial charge >= 0.3 is 5.97 Å². The van der Waals surface area contributed by atoms with Gasteiger partial charge in [-0.1, -0.05) is 6.42 Å². The van der Waals surface area contributed by atoms with Crippen molar-refractivity contribution in [2.45, 2.75) is 38.5 Å². The Bertz CT molecular complexity index is 265. The van der Waals surface area contributed by atoms with Crippen LogP contribution in [0.15, 0.2) is 0 Å². The molecule has 2 aliphatic rings. The molecule has 1 unspecified atom stereocenters. The highest BCUT2D eigenvalue weighted by atomic mass is 16.4. The Balaban J connectivity index is 1.67. The first kappa shape index (κ1) is 13.8. The third kappa shape index (κ3) is 4.58. The van der Waals surface area contributed by atoms with E-state index in [1.54, 1.807) is 0 Å². The van der Waals surface area contributed by atoms with Crippen LogP contribution < -0.4 is 0 Å². The Kier molecular flexibility index (Phi) is 5.45. The van der Waals surface area contributed by atoms with Crippen molar-refractivity contribution in [3.63, 3.8) is 0 Å². The van der Waals surface area contributed by atoms with Gasteiger partial charge in [-0.15, -0.1) is 0 Å². The van der Waals surface area contributed by atoms with Crippen LogP contribution in [-0.4, -0.2) is 60.1 Å². The van der Waals surface area contributed by atoms with Gasteiger partial charge in [-0.05, 0) is 51.2 Å². The highest BCUT2D eigenvalue weighted by molar-refractivity contribution is 5.67.